The number of likely N-dealkylation sites (tertiary alicyclic amines) is 1. The average molecular weight is 1280 g/mol. The summed E-state index contributed by atoms with van der Waals surface area (Å²) in [6, 6.07) is 12.2. The molecule has 91 heavy (non-hydrogen) atoms. The molecule has 0 saturated carbocycles. The number of nitrogens with two attached hydrogens (primary N) is 1. The van der Waals surface area contributed by atoms with Crippen molar-refractivity contribution in [2.75, 3.05) is 58.8 Å². The number of phenolic OH excluding ortho intramolecular Hbond substituents is 1. The van der Waals surface area contributed by atoms with Crippen LogP contribution in [-0.4, -0.2) is 159 Å². The molecule has 5 aromatic rings. The zero-order valence-corrected chi connectivity index (χ0v) is 54.7. The molecule has 1 fully saturated rings. The fourth-order valence-electron chi connectivity index (χ4n) is 10.6. The van der Waals surface area contributed by atoms with E-state index in [1.165, 1.54) is 17.7 Å². The van der Waals surface area contributed by atoms with Crippen molar-refractivity contribution in [3.8, 4) is 11.6 Å². The van der Waals surface area contributed by atoms with Gasteiger partial charge < -0.3 is 60.9 Å². The van der Waals surface area contributed by atoms with Crippen LogP contribution in [0.5, 0.6) is 11.6 Å². The monoisotopic (exact) mass is 1280 g/mol. The van der Waals surface area contributed by atoms with Gasteiger partial charge in [-0.15, -0.1) is 11.3 Å². The molecule has 3 aromatic heterocycles. The number of aromatic amines is 1. The molecule has 7 atom stereocenters. The van der Waals surface area contributed by atoms with Crippen molar-refractivity contribution in [3.63, 3.8) is 0 Å². The summed E-state index contributed by atoms with van der Waals surface area (Å²) in [5.74, 6) is -2.08. The minimum Gasteiger partial charge on any atom is -0.508 e. The lowest BCUT2D eigenvalue weighted by atomic mass is 9.92. The van der Waals surface area contributed by atoms with Gasteiger partial charge in [0.05, 0.1) is 25.6 Å². The highest BCUT2D eigenvalue weighted by molar-refractivity contribution is 7.09. The molecule has 1 aliphatic heterocycles. The summed E-state index contributed by atoms with van der Waals surface area (Å²) >= 11 is 1.29. The van der Waals surface area contributed by atoms with Crippen LogP contribution in [0.4, 0.5) is 10.7 Å². The van der Waals surface area contributed by atoms with Crippen LogP contribution in [-0.2, 0) is 57.8 Å². The van der Waals surface area contributed by atoms with E-state index in [2.05, 4.69) is 70.8 Å². The van der Waals surface area contributed by atoms with E-state index >= 15 is 0 Å². The molecule has 1 saturated heterocycles. The highest BCUT2D eigenvalue weighted by Gasteiger charge is 2.38. The first-order valence-electron chi connectivity index (χ1n) is 31.7. The maximum Gasteiger partial charge on any atom is 0.426 e. The van der Waals surface area contributed by atoms with Gasteiger partial charge in [0.25, 0.3) is 5.91 Å². The van der Waals surface area contributed by atoms with Gasteiger partial charge in [0.2, 0.25) is 41.4 Å². The Bertz CT molecular complexity index is 3110. The molecule has 7 amide bonds. The molecular weight excluding hydrogens is 1190 g/mol. The first-order chi connectivity index (χ1) is 43.8. The van der Waals surface area contributed by atoms with Crippen molar-refractivity contribution >= 4 is 70.0 Å². The number of phenols is 1. The minimum absolute atomic E-state index is 0.00459. The SMILES string of the molecule is CCCO[C@H](C[C@H](C(C)C)N(CCC)C(=O)[C@@H](NC(=O)[C@H]1CCCCN1C)[C@@H](C)CC)c1nc(C(=O)N[C@@H](Cc2ccc(O)cc2)C[C@H](C)C(=O)NNC(=O)OCCOCCNC(=O)CCCC(=O)NCc2ccc(COc3nc(N)nc4nc[nH]c34)cc2)cs1. The van der Waals surface area contributed by atoms with Gasteiger partial charge in [-0.25, -0.2) is 20.2 Å². The second-order valence-corrected chi connectivity index (χ2v) is 24.4. The number of carbonyl (C=O) groups is 7. The molecule has 4 heterocycles. The lowest BCUT2D eigenvalue weighted by Gasteiger charge is -2.40. The lowest BCUT2D eigenvalue weighted by molar-refractivity contribution is -0.143. The number of ether oxygens (including phenoxy) is 4. The molecule has 1 aliphatic rings. The van der Waals surface area contributed by atoms with E-state index < -0.39 is 42.0 Å². The zero-order chi connectivity index (χ0) is 65.8. The van der Waals surface area contributed by atoms with Crippen molar-refractivity contribution in [1.29, 1.82) is 0 Å². The number of nitrogens with one attached hydrogen (secondary N) is 7. The number of aromatic hydroxyl groups is 1. The number of hydrazine groups is 1. The van der Waals surface area contributed by atoms with Crippen molar-refractivity contribution < 1.29 is 57.6 Å². The predicted octanol–water partition coefficient (Wildman–Crippen LogP) is 6.56. The number of rotatable bonds is 37. The van der Waals surface area contributed by atoms with Crippen LogP contribution >= 0.6 is 11.3 Å². The Labute approximate surface area is 537 Å². The summed E-state index contributed by atoms with van der Waals surface area (Å²) in [5.41, 5.74) is 14.1. The van der Waals surface area contributed by atoms with Crippen molar-refractivity contribution in [2.45, 2.75) is 169 Å². The summed E-state index contributed by atoms with van der Waals surface area (Å²) in [4.78, 5) is 118. The summed E-state index contributed by atoms with van der Waals surface area (Å²) < 4.78 is 22.9. The van der Waals surface area contributed by atoms with Crippen LogP contribution < -0.4 is 42.6 Å². The van der Waals surface area contributed by atoms with Crippen LogP contribution in [0.3, 0.4) is 0 Å². The number of nitrogen functional groups attached to an aromatic ring is 1. The third kappa shape index (κ3) is 23.3. The summed E-state index contributed by atoms with van der Waals surface area (Å²) in [7, 11) is 1.96. The molecule has 6 rings (SSSR count). The van der Waals surface area contributed by atoms with Gasteiger partial charge >= 0.3 is 6.09 Å². The number of thiazole rings is 1. The Morgan fingerprint density at radius 2 is 1.56 bits per heavy atom. The van der Waals surface area contributed by atoms with Crippen LogP contribution in [0.2, 0.25) is 0 Å². The van der Waals surface area contributed by atoms with E-state index in [1.54, 1.807) is 36.6 Å². The number of fused-ring (bicyclic) bond motifs is 1. The number of benzene rings is 2. The number of carbonyl (C=O) groups excluding carboxylic acids is 7. The van der Waals surface area contributed by atoms with Crippen LogP contribution in [0.1, 0.15) is 157 Å². The van der Waals surface area contributed by atoms with E-state index in [9.17, 15) is 38.7 Å². The number of imidazole rings is 1. The van der Waals surface area contributed by atoms with Crippen LogP contribution in [0.25, 0.3) is 11.2 Å². The summed E-state index contributed by atoms with van der Waals surface area (Å²) in [6.07, 6.45) is 6.40. The number of aromatic nitrogens is 5. The Kier molecular flexibility index (Phi) is 29.6. The normalized spacial score (nSPS) is 15.3. The lowest BCUT2D eigenvalue weighted by Crippen LogP contribution is -2.58. The van der Waals surface area contributed by atoms with Gasteiger partial charge in [0, 0.05) is 68.9 Å². The Morgan fingerprint density at radius 3 is 2.26 bits per heavy atom. The van der Waals surface area contributed by atoms with E-state index in [-0.39, 0.29) is 117 Å². The van der Waals surface area contributed by atoms with E-state index in [1.807, 2.05) is 63.9 Å². The topological polar surface area (TPSA) is 349 Å². The highest BCUT2D eigenvalue weighted by atomic mass is 32.1. The quantitative estimate of drug-likeness (QED) is 0.0150. The fourth-order valence-corrected chi connectivity index (χ4v) is 11.4. The van der Waals surface area contributed by atoms with E-state index in [0.29, 0.717) is 73.9 Å². The molecule has 0 aliphatic carbocycles. The Hall–Kier alpha value is -8.01. The number of hydrogen-bond donors (Lipinski definition) is 9. The van der Waals surface area contributed by atoms with Gasteiger partial charge in [-0.1, -0.05) is 97.7 Å². The molecule has 0 spiro atoms. The highest BCUT2D eigenvalue weighted by Crippen LogP contribution is 2.32. The standard InChI is InChI=1S/C64H94N14O12S/c1-9-27-78(62(85)54(41(6)11-3)72-59(84)49-15-12-13-28-77(49)8)50(40(4)5)35-51(88-29-10-2)61-71-48(38-91-61)58(83)70-46(34-43-22-24-47(79)25-23-43)33-42(7)57(82)75-76-64(86)89-32-31-87-30-26-66-52(80)16-14-17-53(81)67-36-44-18-20-45(21-19-44)37-90-60-55-56(69-39-68-55)73-63(65)74-60/h18-25,38-42,46,49-51,54,79H,9-17,26-37H2,1-8H3,(H,66,80)(H,67,81)(H,70,83)(H,72,84)(H,75,82)(H,76,86)(H3,65,68,69,73,74)/t41-,42-,46+,49+,50+,51+,54-/m0/s1. The molecule has 26 nitrogen and oxygen atoms in total. The fraction of sp³-hybridized carbons (Fsp3) is 0.578. The molecule has 498 valence electrons. The average Bonchev–Trinajstić information content (AvgIpc) is 2.13. The molecule has 0 radical (unpaired) electrons. The van der Waals surface area contributed by atoms with Crippen LogP contribution in [0.15, 0.2) is 60.2 Å². The first-order valence-corrected chi connectivity index (χ1v) is 32.6. The third-order valence-electron chi connectivity index (χ3n) is 15.9. The third-order valence-corrected chi connectivity index (χ3v) is 16.8. The predicted molar refractivity (Wildman–Crippen MR) is 344 cm³/mol. The molecule has 2 aromatic carbocycles. The van der Waals surface area contributed by atoms with E-state index in [0.717, 1.165) is 48.9 Å². The number of amides is 7. The van der Waals surface area contributed by atoms with Crippen molar-refractivity contribution in [1.82, 2.24) is 66.8 Å². The van der Waals surface area contributed by atoms with Crippen molar-refractivity contribution in [2.24, 2.45) is 17.8 Å². The second-order valence-electron chi connectivity index (χ2n) is 23.5. The minimum atomic E-state index is -0.926. The molecule has 10 N–H and O–H groups in total. The van der Waals surface area contributed by atoms with Gasteiger partial charge in [0.15, 0.2) is 5.65 Å². The first kappa shape index (κ1) is 72.1. The summed E-state index contributed by atoms with van der Waals surface area (Å²) in [6.45, 7) is 16.4. The second kappa shape index (κ2) is 37.4. The molecule has 0 unspecified atom stereocenters. The Morgan fingerprint density at radius 1 is 0.835 bits per heavy atom. The number of anilines is 1. The number of likely N-dealkylation sites (N-methyl/N-ethyl adjacent to an activating group) is 1. The van der Waals surface area contributed by atoms with Crippen molar-refractivity contribution in [3.05, 3.63) is 87.6 Å². The number of nitrogens with zero attached hydrogens (tertiary/aromatic N) is 6. The summed E-state index contributed by atoms with van der Waals surface area (Å²) in [5, 5.41) is 24.1. The number of hydrogen-bond acceptors (Lipinski definition) is 19. The van der Waals surface area contributed by atoms with E-state index in [4.69, 9.17) is 29.7 Å². The molecule has 0 bridgehead atoms. The largest absolute Gasteiger partial charge is 0.508 e. The maximum absolute atomic E-state index is 14.8. The Balaban J connectivity index is 0.907. The van der Waals surface area contributed by atoms with Gasteiger partial charge in [0.1, 0.15) is 47.3 Å². The maximum atomic E-state index is 14.8. The van der Waals surface area contributed by atoms with Crippen LogP contribution in [0, 0.1) is 17.8 Å². The number of H-pyrrole nitrogens is 1. The molecular formula is C64H94N14O12S. The smallest absolute Gasteiger partial charge is 0.426 e. The molecule has 27 heteroatoms. The van der Waals surface area contributed by atoms with Gasteiger partial charge in [-0.3, -0.25) is 39.1 Å². The number of piperidine rings is 1. The van der Waals surface area contributed by atoms with Gasteiger partial charge in [-0.05, 0) is 99.2 Å². The van der Waals surface area contributed by atoms with Gasteiger partial charge in [-0.2, -0.15) is 9.97 Å². The zero-order valence-electron chi connectivity index (χ0n) is 53.8.